The van der Waals surface area contributed by atoms with Gasteiger partial charge in [-0.25, -0.2) is 18.4 Å². The highest BCUT2D eigenvalue weighted by atomic mass is 32.2. The third kappa shape index (κ3) is 5.17. The number of amides is 1. The lowest BCUT2D eigenvalue weighted by molar-refractivity contribution is -0.113. The van der Waals surface area contributed by atoms with Gasteiger partial charge in [0, 0.05) is 29.4 Å². The van der Waals surface area contributed by atoms with Gasteiger partial charge in [-0.2, -0.15) is 0 Å². The Bertz CT molecular complexity index is 1560. The van der Waals surface area contributed by atoms with Gasteiger partial charge in [0.2, 0.25) is 0 Å². The summed E-state index contributed by atoms with van der Waals surface area (Å²) in [4.78, 5) is 27.0. The van der Waals surface area contributed by atoms with Crippen molar-refractivity contribution in [1.82, 2.24) is 19.9 Å². The number of benzene rings is 1. The zero-order chi connectivity index (χ0) is 26.5. The minimum Gasteiger partial charge on any atom is -0.365 e. The van der Waals surface area contributed by atoms with Crippen LogP contribution < -0.4 is 5.73 Å². The number of sulfone groups is 1. The highest BCUT2D eigenvalue weighted by Crippen LogP contribution is 2.43. The molecule has 0 saturated carbocycles. The number of hydrogen-bond acceptors (Lipinski definition) is 7. The molecule has 1 aromatic carbocycles. The van der Waals surface area contributed by atoms with Crippen molar-refractivity contribution in [3.8, 4) is 11.3 Å². The zero-order valence-electron chi connectivity index (χ0n) is 21.4. The molecule has 194 valence electrons. The molecule has 2 aliphatic rings. The topological polar surface area (TPSA) is 122 Å². The first kappa shape index (κ1) is 25.5. The molecule has 0 aliphatic carbocycles. The molecule has 2 aliphatic heterocycles. The van der Waals surface area contributed by atoms with Crippen molar-refractivity contribution in [2.24, 2.45) is 11.1 Å². The van der Waals surface area contributed by atoms with Crippen LogP contribution in [-0.2, 0) is 21.2 Å². The summed E-state index contributed by atoms with van der Waals surface area (Å²) in [5.74, 6) is -0.161. The summed E-state index contributed by atoms with van der Waals surface area (Å²) in [6, 6.07) is 8.33. The van der Waals surface area contributed by atoms with E-state index in [9.17, 15) is 13.2 Å². The first-order valence-electron chi connectivity index (χ1n) is 12.2. The van der Waals surface area contributed by atoms with Crippen LogP contribution in [0.5, 0.6) is 0 Å². The van der Waals surface area contributed by atoms with E-state index in [1.165, 1.54) is 11.8 Å². The average molecular weight is 538 g/mol. The lowest BCUT2D eigenvalue weighted by atomic mass is 9.95. The second-order valence-electron chi connectivity index (χ2n) is 10.8. The normalized spacial score (nSPS) is 19.7. The molecule has 1 amide bonds. The monoisotopic (exact) mass is 537 g/mol. The number of allylic oxidation sites excluding steroid dienone is 1. The number of H-pyrrole nitrogens is 1. The van der Waals surface area contributed by atoms with Gasteiger partial charge >= 0.3 is 0 Å². The molecule has 1 unspecified atom stereocenters. The van der Waals surface area contributed by atoms with Crippen LogP contribution in [0.3, 0.4) is 0 Å². The number of nitrogens with two attached hydrogens (primary N) is 1. The lowest BCUT2D eigenvalue weighted by Gasteiger charge is -2.35. The highest BCUT2D eigenvalue weighted by Gasteiger charge is 2.36. The number of carbonyl (C=O) groups excluding carboxylic acids is 1. The van der Waals surface area contributed by atoms with E-state index >= 15 is 0 Å². The summed E-state index contributed by atoms with van der Waals surface area (Å²) in [6.45, 7) is 9.25. The fraction of sp³-hybridized carbons (Fsp3) is 0.370. The molecule has 1 atom stereocenters. The van der Waals surface area contributed by atoms with Gasteiger partial charge in [0.15, 0.2) is 9.84 Å². The molecule has 0 saturated heterocycles. The number of rotatable bonds is 5. The minimum absolute atomic E-state index is 0.0390. The number of aryl methyl sites for hydroxylation is 1. The van der Waals surface area contributed by atoms with Crippen LogP contribution >= 0.6 is 11.8 Å². The molecule has 4 heterocycles. The number of aromatic nitrogens is 3. The zero-order valence-corrected chi connectivity index (χ0v) is 23.0. The summed E-state index contributed by atoms with van der Waals surface area (Å²) in [5.41, 5.74) is 12.2. The maximum atomic E-state index is 11.8. The molecule has 3 N–H and O–H groups in total. The van der Waals surface area contributed by atoms with Gasteiger partial charge in [-0.15, -0.1) is 0 Å². The molecular formula is C27H31N5O3S2. The molecule has 37 heavy (non-hydrogen) atoms. The Balaban J connectivity index is 1.45. The number of hydrogen-bond donors (Lipinski definition) is 2. The van der Waals surface area contributed by atoms with Crippen molar-refractivity contribution < 1.29 is 13.2 Å². The smallest absolute Gasteiger partial charge is 0.256 e. The van der Waals surface area contributed by atoms with Gasteiger partial charge in [0.05, 0.1) is 27.5 Å². The Hall–Kier alpha value is -3.11. The van der Waals surface area contributed by atoms with Gasteiger partial charge in [-0.3, -0.25) is 4.79 Å². The summed E-state index contributed by atoms with van der Waals surface area (Å²) in [7, 11) is -2.99. The maximum Gasteiger partial charge on any atom is 0.256 e. The van der Waals surface area contributed by atoms with E-state index in [0.29, 0.717) is 17.9 Å². The standard InChI is InChI=1S/C27H31N5O3S2/c1-16-11-18(5-6-19(16)13-32-14-22(24(28)33)36-26(32)27(2,3)4)23-20-12-21(31-25(20)30-15-29-23)17-7-9-37(34,35)10-8-17/h5-7,11-12,14-15,26H,8-10,13H2,1-4H3,(H2,28,33)(H,29,30,31). The van der Waals surface area contributed by atoms with Crippen LogP contribution in [0.15, 0.2) is 47.8 Å². The quantitative estimate of drug-likeness (QED) is 0.495. The van der Waals surface area contributed by atoms with Crippen molar-refractivity contribution >= 4 is 44.1 Å². The Labute approximate surface area is 221 Å². The highest BCUT2D eigenvalue weighted by molar-refractivity contribution is 8.04. The average Bonchev–Trinajstić information content (AvgIpc) is 3.45. The van der Waals surface area contributed by atoms with Gasteiger partial charge in [0.1, 0.15) is 12.0 Å². The fourth-order valence-corrected chi connectivity index (χ4v) is 7.17. The largest absolute Gasteiger partial charge is 0.365 e. The van der Waals surface area contributed by atoms with Crippen molar-refractivity contribution in [2.45, 2.75) is 46.0 Å². The van der Waals surface area contributed by atoms with Gasteiger partial charge < -0.3 is 15.6 Å². The molecule has 10 heteroatoms. The van der Waals surface area contributed by atoms with Crippen molar-refractivity contribution in [2.75, 3.05) is 11.5 Å². The maximum absolute atomic E-state index is 11.8. The van der Waals surface area contributed by atoms with Gasteiger partial charge in [-0.05, 0) is 47.6 Å². The Morgan fingerprint density at radius 3 is 2.68 bits per heavy atom. The third-order valence-corrected chi connectivity index (χ3v) is 10.1. The predicted molar refractivity (Wildman–Crippen MR) is 149 cm³/mol. The minimum atomic E-state index is -2.99. The number of thioether (sulfide) groups is 1. The van der Waals surface area contributed by atoms with Crippen LogP contribution in [0.2, 0.25) is 0 Å². The predicted octanol–water partition coefficient (Wildman–Crippen LogP) is 4.38. The molecule has 0 fully saturated rings. The van der Waals surface area contributed by atoms with Crippen molar-refractivity contribution in [1.29, 1.82) is 0 Å². The van der Waals surface area contributed by atoms with Crippen LogP contribution in [0, 0.1) is 12.3 Å². The number of aromatic amines is 1. The second-order valence-corrected chi connectivity index (χ2v) is 14.1. The first-order valence-corrected chi connectivity index (χ1v) is 14.9. The lowest BCUT2D eigenvalue weighted by Crippen LogP contribution is -2.35. The molecule has 0 bridgehead atoms. The van der Waals surface area contributed by atoms with E-state index in [0.717, 1.165) is 44.7 Å². The summed E-state index contributed by atoms with van der Waals surface area (Å²) < 4.78 is 23.6. The molecule has 8 nitrogen and oxygen atoms in total. The number of nitrogens with one attached hydrogen (secondary N) is 1. The summed E-state index contributed by atoms with van der Waals surface area (Å²) in [6.07, 6.45) is 5.71. The molecule has 5 rings (SSSR count). The number of primary amides is 1. The van der Waals surface area contributed by atoms with Crippen LogP contribution in [0.25, 0.3) is 27.9 Å². The number of fused-ring (bicyclic) bond motifs is 1. The van der Waals surface area contributed by atoms with E-state index in [2.05, 4.69) is 65.7 Å². The van der Waals surface area contributed by atoms with Gasteiger partial charge in [-0.1, -0.05) is 50.7 Å². The Kier molecular flexibility index (Phi) is 6.44. The molecule has 3 aromatic rings. The van der Waals surface area contributed by atoms with Crippen LogP contribution in [0.4, 0.5) is 0 Å². The van der Waals surface area contributed by atoms with E-state index in [4.69, 9.17) is 5.73 Å². The molecule has 0 spiro atoms. The van der Waals surface area contributed by atoms with Crippen LogP contribution in [-0.4, -0.2) is 51.1 Å². The first-order chi connectivity index (χ1) is 17.4. The summed E-state index contributed by atoms with van der Waals surface area (Å²) in [5, 5.41) is 1.01. The fourth-order valence-electron chi connectivity index (χ4n) is 4.84. The van der Waals surface area contributed by atoms with E-state index in [1.54, 1.807) is 12.4 Å². The van der Waals surface area contributed by atoms with E-state index in [1.807, 2.05) is 12.3 Å². The van der Waals surface area contributed by atoms with Crippen molar-refractivity contribution in [3.05, 3.63) is 64.6 Å². The van der Waals surface area contributed by atoms with E-state index < -0.39 is 15.7 Å². The molecule has 0 radical (unpaired) electrons. The van der Waals surface area contributed by atoms with E-state index in [-0.39, 0.29) is 22.3 Å². The van der Waals surface area contributed by atoms with Crippen molar-refractivity contribution in [3.63, 3.8) is 0 Å². The third-order valence-electron chi connectivity index (χ3n) is 6.81. The van der Waals surface area contributed by atoms with Gasteiger partial charge in [0.25, 0.3) is 5.91 Å². The number of carbonyl (C=O) groups is 1. The number of nitrogens with zero attached hydrogens (tertiary/aromatic N) is 3. The molecule has 2 aromatic heterocycles. The Morgan fingerprint density at radius 1 is 1.24 bits per heavy atom. The second kappa shape index (κ2) is 9.33. The summed E-state index contributed by atoms with van der Waals surface area (Å²) >= 11 is 1.53. The molecular weight excluding hydrogens is 506 g/mol. The van der Waals surface area contributed by atoms with Crippen LogP contribution in [0.1, 0.15) is 44.0 Å². The SMILES string of the molecule is Cc1cc(-c2ncnc3[nH]c(C4=CCS(=O)(=O)CC4)cc23)ccc1CN1C=C(C(N)=O)SC1C(C)(C)C. The Morgan fingerprint density at radius 2 is 2.03 bits per heavy atom.